The average Bonchev–Trinajstić information content (AvgIpc) is 0.937. The van der Waals surface area contributed by atoms with Gasteiger partial charge >= 0.3 is 29.8 Å². The first kappa shape index (κ1) is 107. The summed E-state index contributed by atoms with van der Waals surface area (Å²) in [5.74, 6) is -6.28. The van der Waals surface area contributed by atoms with Crippen molar-refractivity contribution in [1.82, 2.24) is 113 Å². The number of tetrazole rings is 5. The van der Waals surface area contributed by atoms with Crippen LogP contribution in [-0.2, 0) is 68.9 Å². The number of carbonyl (C=O) groups is 6. The fourth-order valence-corrected chi connectivity index (χ4v) is 20.5. The van der Waals surface area contributed by atoms with Gasteiger partial charge < -0.3 is 37.0 Å². The lowest BCUT2D eigenvalue weighted by Gasteiger charge is -2.22. The molecule has 7 heterocycles. The van der Waals surface area contributed by atoms with Crippen LogP contribution in [0.3, 0.4) is 0 Å². The van der Waals surface area contributed by atoms with Crippen LogP contribution in [0.4, 0.5) is 0 Å². The summed E-state index contributed by atoms with van der Waals surface area (Å²) in [5.41, 5.74) is 32.0. The van der Waals surface area contributed by atoms with Crippen LogP contribution in [0.2, 0.25) is 0 Å². The maximum atomic E-state index is 12.0. The Morgan fingerprint density at radius 1 is 0.338 bits per heavy atom. The molecule has 35 heteroatoms. The predicted molar refractivity (Wildman–Crippen MR) is 560 cm³/mol. The van der Waals surface area contributed by atoms with Crippen molar-refractivity contribution in [3.63, 3.8) is 0 Å². The third kappa shape index (κ3) is 29.3. The maximum Gasteiger partial charge on any atom is 0.307 e. The van der Waals surface area contributed by atoms with Gasteiger partial charge in [-0.2, -0.15) is 26.1 Å². The van der Waals surface area contributed by atoms with Crippen LogP contribution >= 0.6 is 0 Å². The number of benzene rings is 9. The van der Waals surface area contributed by atoms with E-state index in [1.165, 1.54) is 59.9 Å². The number of fused-ring (bicyclic) bond motifs is 2. The number of aliphatic carboxylic acids is 5. The van der Waals surface area contributed by atoms with E-state index in [1.54, 1.807) is 24.5 Å². The minimum Gasteiger partial charge on any atom is -0.481 e. The van der Waals surface area contributed by atoms with Gasteiger partial charge in [-0.1, -0.05) is 312 Å². The molecule has 0 aliphatic heterocycles. The Hall–Kier alpha value is -16.3. The standard InChI is InChI=1S/C26H32N4O2.C24H29N5O2.C23H23N5O2.C21H23N5O3.C19H21N5O2/c1-2-7-23(26(31)32)24(25-27-29-30-28-25)17-18-8-6-11-22(16-18)21-14-12-20(13-15-21)19-9-4-3-5-10-19;1-2-4-21(24(30)31)22(23-26-28-29-27-23)12-15-5-3-6-16(11-15)17-7-8-19-14-20(25)10-9-18(19)13-17;1-2-6-19(23(29)30)20(22-25-27-28-26-22)12-15-7-5-9-16(11-15)21-14-24-13-17-8-3-4-10-18(17)21;1-2-4-17(21(28)29)18(20-23-25-26-24-20)12-13-5-3-6-16(11-13)14-7-9-15(10-8-14)19(22)27;1-2-4-16(19(25)26)17(18-21-23-24-22-18)12-13-5-3-6-15(11-13)14-7-9-20-10-8-14/h6,8,11-16,19,23-24H,2-5,7,9-10,17H2,1H3,(H,31,32)(H,27,28,29,30);3,5-8,11,13,20-22H,2,4,9-10,12,14,25H2,1H3,(H,30,31)(H,26,27,28,29);3-5,7-11,13-14,19-20H,2,6,12H2,1H3,(H,29,30)(H,25,26,27,28);3,5-11,17-18H,2,4,12H2,1H3,(H2,22,27)(H,28,29)(H,23,24,25,26);3,5-11,16-17H,2,4,12H2,1H3,(H,25,26)(H,21,22,23,24)/t23-,24-;20?,21-,22-;19-,20-;17-,18-;16-,17-/m00000/s1. The van der Waals surface area contributed by atoms with Crippen molar-refractivity contribution in [1.29, 1.82) is 0 Å². The van der Waals surface area contributed by atoms with Crippen molar-refractivity contribution in [3.8, 4) is 55.6 Å². The van der Waals surface area contributed by atoms with Crippen LogP contribution in [-0.4, -0.2) is 180 Å². The van der Waals surface area contributed by atoms with E-state index in [2.05, 4.69) is 210 Å². The molecule has 18 rings (SSSR count). The summed E-state index contributed by atoms with van der Waals surface area (Å²) in [5, 5.41) is 122. The van der Waals surface area contributed by atoms with Gasteiger partial charge in [0.25, 0.3) is 0 Å². The van der Waals surface area contributed by atoms with Crippen molar-refractivity contribution in [2.75, 3.05) is 0 Å². The third-order valence-corrected chi connectivity index (χ3v) is 28.0. The second kappa shape index (κ2) is 54.0. The number of amides is 1. The van der Waals surface area contributed by atoms with E-state index in [0.717, 1.165) is 134 Å². The molecule has 148 heavy (non-hydrogen) atoms. The fourth-order valence-electron chi connectivity index (χ4n) is 20.5. The molecule has 14 N–H and O–H groups in total. The Kier molecular flexibility index (Phi) is 39.2. The van der Waals surface area contributed by atoms with Crippen molar-refractivity contribution < 1.29 is 54.3 Å². The second-order valence-corrected chi connectivity index (χ2v) is 38.1. The van der Waals surface area contributed by atoms with E-state index >= 15 is 0 Å². The number of aryl methyl sites for hydroxylation is 1. The van der Waals surface area contributed by atoms with Gasteiger partial charge in [0, 0.05) is 76.9 Å². The van der Waals surface area contributed by atoms with E-state index < -0.39 is 71.3 Å². The lowest BCUT2D eigenvalue weighted by Crippen LogP contribution is -2.27. The van der Waals surface area contributed by atoms with Crippen LogP contribution in [0.5, 0.6) is 0 Å². The summed E-state index contributed by atoms with van der Waals surface area (Å²) in [6.07, 6.45) is 26.2. The molecule has 1 unspecified atom stereocenters. The normalized spacial score (nSPS) is 14.8. The van der Waals surface area contributed by atoms with Crippen LogP contribution in [0.15, 0.2) is 249 Å². The number of carbonyl (C=O) groups excluding carboxylic acids is 1. The Morgan fingerprint density at radius 3 is 1.02 bits per heavy atom. The highest BCUT2D eigenvalue weighted by atomic mass is 16.4. The summed E-state index contributed by atoms with van der Waals surface area (Å²) in [6, 6.07) is 75.8. The van der Waals surface area contributed by atoms with Gasteiger partial charge in [0.1, 0.15) is 0 Å². The minimum atomic E-state index is -0.861. The lowest BCUT2D eigenvalue weighted by molar-refractivity contribution is -0.144. The zero-order chi connectivity index (χ0) is 104. The number of aromatic nitrogens is 22. The Labute approximate surface area is 858 Å². The molecule has 0 radical (unpaired) electrons. The number of hydrogen-bond donors (Lipinski definition) is 12. The number of primary amides is 1. The summed E-state index contributed by atoms with van der Waals surface area (Å²) >= 11 is 0. The van der Waals surface area contributed by atoms with Crippen LogP contribution in [0, 0.1) is 29.6 Å². The highest BCUT2D eigenvalue weighted by Gasteiger charge is 2.38. The monoisotopic (exact) mass is 2000 g/mol. The second-order valence-electron chi connectivity index (χ2n) is 38.1. The molecule has 11 atom stereocenters. The predicted octanol–water partition coefficient (Wildman–Crippen LogP) is 19.4. The summed E-state index contributed by atoms with van der Waals surface area (Å²) < 4.78 is 0. The first-order chi connectivity index (χ1) is 72.0. The zero-order valence-corrected chi connectivity index (χ0v) is 83.8. The number of nitrogens with two attached hydrogens (primary N) is 2. The number of hydrogen-bond acceptors (Lipinski definition) is 24. The van der Waals surface area contributed by atoms with E-state index in [4.69, 9.17) is 11.5 Å². The molecule has 1 saturated carbocycles. The number of nitrogens with zero attached hydrogens (tertiary/aromatic N) is 17. The van der Waals surface area contributed by atoms with Gasteiger partial charge in [0.05, 0.1) is 29.6 Å². The van der Waals surface area contributed by atoms with E-state index in [9.17, 15) is 54.3 Å². The largest absolute Gasteiger partial charge is 0.481 e. The zero-order valence-electron chi connectivity index (χ0n) is 83.8. The molecule has 2 aliphatic carbocycles. The first-order valence-corrected chi connectivity index (χ1v) is 50.9. The van der Waals surface area contributed by atoms with Crippen molar-refractivity contribution in [2.24, 2.45) is 41.1 Å². The molecule has 0 bridgehead atoms. The van der Waals surface area contributed by atoms with Gasteiger partial charge in [-0.25, -0.2) is 0 Å². The summed E-state index contributed by atoms with van der Waals surface area (Å²) in [4.78, 5) is 79.3. The summed E-state index contributed by atoms with van der Waals surface area (Å²) in [7, 11) is 0. The third-order valence-electron chi connectivity index (χ3n) is 28.0. The molecule has 0 saturated heterocycles. The summed E-state index contributed by atoms with van der Waals surface area (Å²) in [6.45, 7) is 9.91. The molecule has 1 fully saturated rings. The Morgan fingerprint density at radius 2 is 0.669 bits per heavy atom. The Balaban J connectivity index is 0.000000146. The van der Waals surface area contributed by atoms with Crippen LogP contribution in [0.1, 0.15) is 257 Å². The number of nitrogens with one attached hydrogen (secondary N) is 5. The molecule has 35 nitrogen and oxygen atoms in total. The highest BCUT2D eigenvalue weighted by molar-refractivity contribution is 5.96. The number of pyridine rings is 2. The molecule has 1 amide bonds. The van der Waals surface area contributed by atoms with E-state index in [0.29, 0.717) is 105 Å². The number of carboxylic acid groups (broad SMARTS) is 5. The van der Waals surface area contributed by atoms with E-state index in [-0.39, 0.29) is 29.7 Å². The molecule has 9 aromatic carbocycles. The van der Waals surface area contributed by atoms with Gasteiger partial charge in [0.2, 0.25) is 5.91 Å². The SMILES string of the molecule is CCC[C@H](C(=O)O)[C@H](Cc1cccc(-c2ccc(C(N)=O)cc2)c1)c1nn[nH]n1.CCC[C@H](C(=O)O)[C@H](Cc1cccc(-c2ccc(C3CCCCC3)cc2)c1)c1nn[nH]n1.CCC[C@H](C(=O)O)[C@H](Cc1cccc(-c2ccc3c(c2)CCC(N)C3)c1)c1nn[nH]n1.CCC[C@H](C(=O)O)[C@H](Cc1cccc(-c2ccncc2)c1)c1nn[nH]n1.CCC[C@H](C(=O)O)[C@H](Cc1cccc(-c2cncc3ccccc23)c1)c1nn[nH]n1. The Bertz CT molecular complexity index is 6870. The maximum absolute atomic E-state index is 12.0. The quantitative estimate of drug-likeness (QED) is 0.0169. The molecular weight excluding hydrogens is 1870 g/mol. The number of aromatic amines is 5. The van der Waals surface area contributed by atoms with Crippen molar-refractivity contribution >= 4 is 46.5 Å². The smallest absolute Gasteiger partial charge is 0.307 e. The van der Waals surface area contributed by atoms with Crippen LogP contribution in [0.25, 0.3) is 66.4 Å². The first-order valence-electron chi connectivity index (χ1n) is 50.9. The van der Waals surface area contributed by atoms with Crippen molar-refractivity contribution in [3.05, 3.63) is 328 Å². The average molecular weight is 2000 g/mol. The molecular formula is C113H128N24O11. The van der Waals surface area contributed by atoms with Gasteiger partial charge in [-0.05, 0) is 226 Å². The fraction of sp³-hybridized carbons (Fsp3) is 0.354. The molecule has 16 aromatic rings. The number of rotatable bonds is 42. The highest BCUT2D eigenvalue weighted by Crippen LogP contribution is 2.41. The van der Waals surface area contributed by atoms with Gasteiger partial charge in [-0.3, -0.25) is 38.7 Å². The molecule has 0 spiro atoms. The number of carboxylic acids is 5. The number of H-pyrrole nitrogens is 5. The lowest BCUT2D eigenvalue weighted by atomic mass is 9.82. The molecule has 2 aliphatic rings. The van der Waals surface area contributed by atoms with E-state index in [1.807, 2.05) is 162 Å². The molecule has 7 aromatic heterocycles. The minimum absolute atomic E-state index is 0.258. The van der Waals surface area contributed by atoms with Gasteiger partial charge in [-0.15, -0.1) is 51.0 Å². The van der Waals surface area contributed by atoms with Gasteiger partial charge in [0.15, 0.2) is 29.1 Å². The molecule has 766 valence electrons. The van der Waals surface area contributed by atoms with Crippen LogP contribution < -0.4 is 11.5 Å². The van der Waals surface area contributed by atoms with Crippen molar-refractivity contribution in [2.45, 2.75) is 224 Å². The topological polar surface area (TPSA) is 554 Å².